The summed E-state index contributed by atoms with van der Waals surface area (Å²) < 4.78 is 5.37. The molecule has 0 aromatic heterocycles. The van der Waals surface area contributed by atoms with Gasteiger partial charge in [0, 0.05) is 6.04 Å². The molecule has 0 saturated heterocycles. The lowest BCUT2D eigenvalue weighted by Crippen LogP contribution is -2.27. The molecular formula is C15H23NO. The first-order valence-corrected chi connectivity index (χ1v) is 6.71. The molecule has 0 amide bonds. The first-order valence-electron chi connectivity index (χ1n) is 6.71. The van der Waals surface area contributed by atoms with E-state index in [9.17, 15) is 0 Å². The highest BCUT2D eigenvalue weighted by molar-refractivity contribution is 5.56. The van der Waals surface area contributed by atoms with Crippen LogP contribution in [0.4, 0.5) is 5.69 Å². The van der Waals surface area contributed by atoms with Gasteiger partial charge in [-0.2, -0.15) is 0 Å². The Bertz CT molecular complexity index is 345. The van der Waals surface area contributed by atoms with Crippen molar-refractivity contribution in [3.63, 3.8) is 0 Å². The van der Waals surface area contributed by atoms with Crippen molar-refractivity contribution in [3.05, 3.63) is 24.3 Å². The second-order valence-corrected chi connectivity index (χ2v) is 5.03. The molecule has 1 saturated carbocycles. The van der Waals surface area contributed by atoms with Crippen LogP contribution in [0.3, 0.4) is 0 Å². The number of para-hydroxylation sites is 2. The van der Waals surface area contributed by atoms with Crippen molar-refractivity contribution in [2.45, 2.75) is 45.1 Å². The fourth-order valence-electron chi connectivity index (χ4n) is 2.76. The number of hydrogen-bond acceptors (Lipinski definition) is 2. The molecule has 94 valence electrons. The summed E-state index contributed by atoms with van der Waals surface area (Å²) in [5, 5.41) is 3.61. The Labute approximate surface area is 104 Å². The Hall–Kier alpha value is -1.18. The Morgan fingerprint density at radius 1 is 1.18 bits per heavy atom. The van der Waals surface area contributed by atoms with E-state index in [2.05, 4.69) is 24.4 Å². The highest BCUT2D eigenvalue weighted by Gasteiger charge is 2.20. The fraction of sp³-hybridized carbons (Fsp3) is 0.600. The molecule has 1 aliphatic rings. The smallest absolute Gasteiger partial charge is 0.141 e. The predicted octanol–water partition coefficient (Wildman–Crippen LogP) is 4.08. The van der Waals surface area contributed by atoms with E-state index in [0.717, 1.165) is 17.4 Å². The van der Waals surface area contributed by atoms with Gasteiger partial charge in [0.25, 0.3) is 0 Å². The van der Waals surface area contributed by atoms with Crippen molar-refractivity contribution in [1.29, 1.82) is 0 Å². The summed E-state index contributed by atoms with van der Waals surface area (Å²) in [6.45, 7) is 2.29. The quantitative estimate of drug-likeness (QED) is 0.846. The van der Waals surface area contributed by atoms with Gasteiger partial charge in [-0.25, -0.2) is 0 Å². The summed E-state index contributed by atoms with van der Waals surface area (Å²) in [7, 11) is 1.73. The SMILES string of the molecule is COc1ccccc1NC(C)C1CCCCC1. The van der Waals surface area contributed by atoms with Gasteiger partial charge >= 0.3 is 0 Å². The van der Waals surface area contributed by atoms with E-state index in [4.69, 9.17) is 4.74 Å². The molecular weight excluding hydrogens is 210 g/mol. The summed E-state index contributed by atoms with van der Waals surface area (Å²) in [5.74, 6) is 1.75. The lowest BCUT2D eigenvalue weighted by atomic mass is 9.84. The molecule has 1 unspecified atom stereocenters. The zero-order chi connectivity index (χ0) is 12.1. The van der Waals surface area contributed by atoms with Crippen LogP contribution in [0, 0.1) is 5.92 Å². The molecule has 1 aromatic carbocycles. The van der Waals surface area contributed by atoms with Gasteiger partial charge in [0.1, 0.15) is 5.75 Å². The molecule has 0 bridgehead atoms. The van der Waals surface area contributed by atoms with E-state index in [1.54, 1.807) is 7.11 Å². The molecule has 0 radical (unpaired) electrons. The topological polar surface area (TPSA) is 21.3 Å². The molecule has 17 heavy (non-hydrogen) atoms. The summed E-state index contributed by atoms with van der Waals surface area (Å²) >= 11 is 0. The summed E-state index contributed by atoms with van der Waals surface area (Å²) in [6, 6.07) is 8.70. The van der Waals surface area contributed by atoms with Crippen molar-refractivity contribution < 1.29 is 4.74 Å². The average molecular weight is 233 g/mol. The van der Waals surface area contributed by atoms with Crippen LogP contribution in [0.15, 0.2) is 24.3 Å². The van der Waals surface area contributed by atoms with Crippen LogP contribution in [0.1, 0.15) is 39.0 Å². The number of anilines is 1. The Balaban J connectivity index is 1.99. The lowest BCUT2D eigenvalue weighted by Gasteiger charge is -2.29. The standard InChI is InChI=1S/C15H23NO/c1-12(13-8-4-3-5-9-13)16-14-10-6-7-11-15(14)17-2/h6-7,10-13,16H,3-5,8-9H2,1-2H3. The maximum Gasteiger partial charge on any atom is 0.141 e. The minimum Gasteiger partial charge on any atom is -0.495 e. The minimum absolute atomic E-state index is 0.534. The average Bonchev–Trinajstić information content (AvgIpc) is 2.40. The van der Waals surface area contributed by atoms with E-state index in [0.29, 0.717) is 6.04 Å². The molecule has 2 heteroatoms. The van der Waals surface area contributed by atoms with Crippen LogP contribution < -0.4 is 10.1 Å². The molecule has 1 N–H and O–H groups in total. The third-order valence-electron chi connectivity index (χ3n) is 3.85. The number of benzene rings is 1. The first-order chi connectivity index (χ1) is 8.31. The van der Waals surface area contributed by atoms with Gasteiger partial charge in [-0.1, -0.05) is 31.4 Å². The molecule has 1 atom stereocenters. The molecule has 1 aliphatic carbocycles. The van der Waals surface area contributed by atoms with E-state index in [1.807, 2.05) is 12.1 Å². The maximum absolute atomic E-state index is 5.37. The van der Waals surface area contributed by atoms with Gasteiger partial charge in [-0.15, -0.1) is 0 Å². The van der Waals surface area contributed by atoms with Gasteiger partial charge in [0.05, 0.1) is 12.8 Å². The van der Waals surface area contributed by atoms with Crippen LogP contribution in [0.2, 0.25) is 0 Å². The van der Waals surface area contributed by atoms with Crippen molar-refractivity contribution >= 4 is 5.69 Å². The molecule has 2 rings (SSSR count). The van der Waals surface area contributed by atoms with Crippen LogP contribution in [-0.2, 0) is 0 Å². The largest absolute Gasteiger partial charge is 0.495 e. The van der Waals surface area contributed by atoms with Crippen molar-refractivity contribution in [2.24, 2.45) is 5.92 Å². The zero-order valence-electron chi connectivity index (χ0n) is 10.9. The second kappa shape index (κ2) is 5.95. The molecule has 2 nitrogen and oxygen atoms in total. The molecule has 1 fully saturated rings. The molecule has 0 aliphatic heterocycles. The van der Waals surface area contributed by atoms with E-state index in [1.165, 1.54) is 32.1 Å². The number of methoxy groups -OCH3 is 1. The molecule has 0 spiro atoms. The molecule has 1 aromatic rings. The van der Waals surface area contributed by atoms with E-state index in [-0.39, 0.29) is 0 Å². The van der Waals surface area contributed by atoms with Crippen LogP contribution in [0.25, 0.3) is 0 Å². The maximum atomic E-state index is 5.37. The Kier molecular flexibility index (Phi) is 4.29. The van der Waals surface area contributed by atoms with Gasteiger partial charge in [-0.05, 0) is 37.8 Å². The minimum atomic E-state index is 0.534. The van der Waals surface area contributed by atoms with Gasteiger partial charge in [-0.3, -0.25) is 0 Å². The number of rotatable bonds is 4. The highest BCUT2D eigenvalue weighted by Crippen LogP contribution is 2.30. The van der Waals surface area contributed by atoms with E-state index < -0.39 is 0 Å². The van der Waals surface area contributed by atoms with Gasteiger partial charge < -0.3 is 10.1 Å². The lowest BCUT2D eigenvalue weighted by molar-refractivity contribution is 0.327. The van der Waals surface area contributed by atoms with Crippen LogP contribution >= 0.6 is 0 Å². The number of hydrogen-bond donors (Lipinski definition) is 1. The second-order valence-electron chi connectivity index (χ2n) is 5.03. The fourth-order valence-corrected chi connectivity index (χ4v) is 2.76. The first kappa shape index (κ1) is 12.3. The van der Waals surface area contributed by atoms with Crippen molar-refractivity contribution in [2.75, 3.05) is 12.4 Å². The predicted molar refractivity (Wildman–Crippen MR) is 72.7 cm³/mol. The Morgan fingerprint density at radius 3 is 2.59 bits per heavy atom. The summed E-state index contributed by atoms with van der Waals surface area (Å²) in [6.07, 6.45) is 6.93. The monoisotopic (exact) mass is 233 g/mol. The van der Waals surface area contributed by atoms with E-state index >= 15 is 0 Å². The van der Waals surface area contributed by atoms with Crippen LogP contribution in [-0.4, -0.2) is 13.2 Å². The van der Waals surface area contributed by atoms with Crippen LogP contribution in [0.5, 0.6) is 5.75 Å². The van der Waals surface area contributed by atoms with Crippen molar-refractivity contribution in [3.8, 4) is 5.75 Å². The van der Waals surface area contributed by atoms with Crippen molar-refractivity contribution in [1.82, 2.24) is 0 Å². The highest BCUT2D eigenvalue weighted by atomic mass is 16.5. The summed E-state index contributed by atoms with van der Waals surface area (Å²) in [5.41, 5.74) is 1.12. The Morgan fingerprint density at radius 2 is 1.88 bits per heavy atom. The third-order valence-corrected chi connectivity index (χ3v) is 3.85. The number of ether oxygens (including phenoxy) is 1. The third kappa shape index (κ3) is 3.15. The number of nitrogens with one attached hydrogen (secondary N) is 1. The summed E-state index contributed by atoms with van der Waals surface area (Å²) in [4.78, 5) is 0. The molecule has 0 heterocycles. The van der Waals surface area contributed by atoms with Gasteiger partial charge in [0.2, 0.25) is 0 Å². The zero-order valence-corrected chi connectivity index (χ0v) is 10.9. The van der Waals surface area contributed by atoms with Gasteiger partial charge in [0.15, 0.2) is 0 Å². The normalized spacial score (nSPS) is 18.7.